The number of alkyl halides is 3. The van der Waals surface area contributed by atoms with Crippen molar-refractivity contribution in [3.05, 3.63) is 23.8 Å². The Morgan fingerprint density at radius 2 is 2.00 bits per heavy atom. The van der Waals surface area contributed by atoms with Gasteiger partial charge in [0, 0.05) is 24.7 Å². The van der Waals surface area contributed by atoms with Crippen molar-refractivity contribution in [2.24, 2.45) is 0 Å². The topological polar surface area (TPSA) is 32.7 Å². The summed E-state index contributed by atoms with van der Waals surface area (Å²) in [6, 6.07) is 4.87. The molecule has 1 aromatic rings. The van der Waals surface area contributed by atoms with Crippen molar-refractivity contribution in [2.45, 2.75) is 32.5 Å². The summed E-state index contributed by atoms with van der Waals surface area (Å²) in [4.78, 5) is 1.52. The summed E-state index contributed by atoms with van der Waals surface area (Å²) in [5.41, 5.74) is 0.582. The highest BCUT2D eigenvalue weighted by atomic mass is 19.4. The quantitative estimate of drug-likeness (QED) is 0.833. The second kappa shape index (κ2) is 7.38. The molecular weight excluding hydrogens is 271 g/mol. The smallest absolute Gasteiger partial charge is 0.390 e. The van der Waals surface area contributed by atoms with Crippen LogP contribution in [0.1, 0.15) is 25.3 Å². The SMILES string of the molecule is CCCOc1ccc(CN(C)CCC(F)(F)F)c(O)c1. The number of halogens is 3. The Hall–Kier alpha value is -1.43. The number of phenols is 1. The summed E-state index contributed by atoms with van der Waals surface area (Å²) in [5.74, 6) is 0.600. The molecule has 0 unspecified atom stereocenters. The molecule has 0 radical (unpaired) electrons. The van der Waals surface area contributed by atoms with Gasteiger partial charge in [-0.1, -0.05) is 13.0 Å². The number of ether oxygens (including phenoxy) is 1. The molecule has 1 rings (SSSR count). The lowest BCUT2D eigenvalue weighted by Crippen LogP contribution is -2.24. The van der Waals surface area contributed by atoms with Crippen LogP contribution in [0, 0.1) is 0 Å². The number of hydrogen-bond donors (Lipinski definition) is 1. The second-order valence-electron chi connectivity index (χ2n) is 4.74. The molecule has 1 N–H and O–H groups in total. The first-order chi connectivity index (χ1) is 9.31. The van der Waals surface area contributed by atoms with E-state index < -0.39 is 12.6 Å². The molecule has 0 spiro atoms. The van der Waals surface area contributed by atoms with Gasteiger partial charge in [0.25, 0.3) is 0 Å². The van der Waals surface area contributed by atoms with Crippen LogP contribution in [0.25, 0.3) is 0 Å². The van der Waals surface area contributed by atoms with E-state index in [1.165, 1.54) is 11.0 Å². The van der Waals surface area contributed by atoms with Crippen LogP contribution in [0.4, 0.5) is 13.2 Å². The van der Waals surface area contributed by atoms with Gasteiger partial charge in [0.05, 0.1) is 13.0 Å². The minimum atomic E-state index is -4.16. The zero-order valence-electron chi connectivity index (χ0n) is 11.7. The predicted molar refractivity (Wildman–Crippen MR) is 70.9 cm³/mol. The average molecular weight is 291 g/mol. The lowest BCUT2D eigenvalue weighted by Gasteiger charge is -2.18. The summed E-state index contributed by atoms with van der Waals surface area (Å²) in [6.07, 6.45) is -4.15. The normalized spacial score (nSPS) is 11.9. The minimum absolute atomic E-state index is 0.0393. The van der Waals surface area contributed by atoms with Crippen molar-refractivity contribution in [3.8, 4) is 11.5 Å². The number of benzene rings is 1. The second-order valence-corrected chi connectivity index (χ2v) is 4.74. The molecule has 0 saturated heterocycles. The molecule has 0 aliphatic heterocycles. The number of rotatable bonds is 7. The number of nitrogens with zero attached hydrogens (tertiary/aromatic N) is 1. The zero-order valence-corrected chi connectivity index (χ0v) is 11.7. The Morgan fingerprint density at radius 1 is 1.30 bits per heavy atom. The van der Waals surface area contributed by atoms with Crippen LogP contribution in [0.5, 0.6) is 11.5 Å². The fourth-order valence-corrected chi connectivity index (χ4v) is 1.67. The minimum Gasteiger partial charge on any atom is -0.507 e. The summed E-state index contributed by atoms with van der Waals surface area (Å²) in [5, 5.41) is 9.84. The van der Waals surface area contributed by atoms with Crippen LogP contribution < -0.4 is 4.74 Å². The third kappa shape index (κ3) is 6.14. The number of phenolic OH excluding ortho intramolecular Hbond substituents is 1. The summed E-state index contributed by atoms with van der Waals surface area (Å²) in [7, 11) is 1.59. The van der Waals surface area contributed by atoms with Gasteiger partial charge in [0.1, 0.15) is 11.5 Å². The van der Waals surface area contributed by atoms with Gasteiger partial charge in [-0.3, -0.25) is 0 Å². The van der Waals surface area contributed by atoms with E-state index in [0.717, 1.165) is 6.42 Å². The average Bonchev–Trinajstić information content (AvgIpc) is 2.36. The Labute approximate surface area is 117 Å². The summed E-state index contributed by atoms with van der Waals surface area (Å²) >= 11 is 0. The highest BCUT2D eigenvalue weighted by molar-refractivity contribution is 5.39. The van der Waals surface area contributed by atoms with Crippen LogP contribution in [-0.4, -0.2) is 36.4 Å². The Bertz CT molecular complexity index is 421. The lowest BCUT2D eigenvalue weighted by molar-refractivity contribution is -0.137. The van der Waals surface area contributed by atoms with Crippen molar-refractivity contribution in [3.63, 3.8) is 0 Å². The molecule has 20 heavy (non-hydrogen) atoms. The molecule has 0 aromatic heterocycles. The maximum atomic E-state index is 12.1. The van der Waals surface area contributed by atoms with Crippen molar-refractivity contribution >= 4 is 0 Å². The third-order valence-corrected chi connectivity index (χ3v) is 2.75. The van der Waals surface area contributed by atoms with E-state index in [-0.39, 0.29) is 18.8 Å². The van der Waals surface area contributed by atoms with Gasteiger partial charge >= 0.3 is 6.18 Å². The van der Waals surface area contributed by atoms with Gasteiger partial charge < -0.3 is 14.7 Å². The first-order valence-electron chi connectivity index (χ1n) is 6.52. The predicted octanol–water partition coefficient (Wildman–Crippen LogP) is 3.57. The molecule has 0 aliphatic carbocycles. The Kier molecular flexibility index (Phi) is 6.13. The number of hydrogen-bond acceptors (Lipinski definition) is 3. The molecule has 0 heterocycles. The number of aromatic hydroxyl groups is 1. The summed E-state index contributed by atoms with van der Waals surface area (Å²) < 4.78 is 41.7. The van der Waals surface area contributed by atoms with Crippen molar-refractivity contribution in [1.29, 1.82) is 0 Å². The molecule has 0 aliphatic rings. The van der Waals surface area contributed by atoms with Crippen LogP contribution in [-0.2, 0) is 6.54 Å². The van der Waals surface area contributed by atoms with Crippen LogP contribution in [0.15, 0.2) is 18.2 Å². The van der Waals surface area contributed by atoms with E-state index in [4.69, 9.17) is 4.74 Å². The van der Waals surface area contributed by atoms with Crippen LogP contribution >= 0.6 is 0 Å². The molecule has 0 saturated carbocycles. The molecule has 0 amide bonds. The molecule has 6 heteroatoms. The maximum absolute atomic E-state index is 12.1. The van der Waals surface area contributed by atoms with Crippen molar-refractivity contribution < 1.29 is 23.0 Å². The molecule has 1 aromatic carbocycles. The summed E-state index contributed by atoms with van der Waals surface area (Å²) in [6.45, 7) is 2.70. The van der Waals surface area contributed by atoms with Gasteiger partial charge in [-0.2, -0.15) is 13.2 Å². The van der Waals surface area contributed by atoms with E-state index in [1.807, 2.05) is 6.92 Å². The fourth-order valence-electron chi connectivity index (χ4n) is 1.67. The molecule has 0 atom stereocenters. The Balaban J connectivity index is 2.55. The van der Waals surface area contributed by atoms with E-state index in [9.17, 15) is 18.3 Å². The first-order valence-corrected chi connectivity index (χ1v) is 6.52. The van der Waals surface area contributed by atoms with E-state index in [1.54, 1.807) is 19.2 Å². The molecule has 3 nitrogen and oxygen atoms in total. The monoisotopic (exact) mass is 291 g/mol. The molecule has 0 fully saturated rings. The van der Waals surface area contributed by atoms with E-state index in [2.05, 4.69) is 0 Å². The fraction of sp³-hybridized carbons (Fsp3) is 0.571. The largest absolute Gasteiger partial charge is 0.507 e. The van der Waals surface area contributed by atoms with Gasteiger partial charge in [-0.05, 0) is 19.5 Å². The van der Waals surface area contributed by atoms with Crippen molar-refractivity contribution in [1.82, 2.24) is 4.90 Å². The molecular formula is C14H20F3NO2. The van der Waals surface area contributed by atoms with Gasteiger partial charge in [0.15, 0.2) is 0 Å². The van der Waals surface area contributed by atoms with E-state index >= 15 is 0 Å². The van der Waals surface area contributed by atoms with Crippen LogP contribution in [0.3, 0.4) is 0 Å². The molecule has 114 valence electrons. The Morgan fingerprint density at radius 3 is 2.55 bits per heavy atom. The van der Waals surface area contributed by atoms with Crippen molar-refractivity contribution in [2.75, 3.05) is 20.2 Å². The lowest BCUT2D eigenvalue weighted by atomic mass is 10.1. The molecule has 0 bridgehead atoms. The zero-order chi connectivity index (χ0) is 15.2. The van der Waals surface area contributed by atoms with Gasteiger partial charge in [0.2, 0.25) is 0 Å². The highest BCUT2D eigenvalue weighted by Gasteiger charge is 2.27. The third-order valence-electron chi connectivity index (χ3n) is 2.75. The standard InChI is InChI=1S/C14H20F3NO2/c1-3-8-20-12-5-4-11(13(19)9-12)10-18(2)7-6-14(15,16)17/h4-5,9,19H,3,6-8,10H2,1-2H3. The highest BCUT2D eigenvalue weighted by Crippen LogP contribution is 2.25. The van der Waals surface area contributed by atoms with E-state index in [0.29, 0.717) is 17.9 Å². The van der Waals surface area contributed by atoms with Gasteiger partial charge in [-0.15, -0.1) is 0 Å². The van der Waals surface area contributed by atoms with Gasteiger partial charge in [-0.25, -0.2) is 0 Å². The maximum Gasteiger partial charge on any atom is 0.390 e. The first kappa shape index (κ1) is 16.6. The van der Waals surface area contributed by atoms with Crippen LogP contribution in [0.2, 0.25) is 0 Å².